The van der Waals surface area contributed by atoms with Gasteiger partial charge in [-0.2, -0.15) is 13.2 Å². The molecule has 1 unspecified atom stereocenters. The maximum absolute atomic E-state index is 14.4. The minimum Gasteiger partial charge on any atom is -0.489 e. The Morgan fingerprint density at radius 2 is 1.63 bits per heavy atom. The number of anilines is 2. The molecule has 3 aromatic rings. The van der Waals surface area contributed by atoms with Gasteiger partial charge in [0.25, 0.3) is 15.9 Å². The molecular formula is C23H20F4N2O5S. The number of alkyl halides is 3. The minimum absolute atomic E-state index is 0.149. The molecule has 1 atom stereocenters. The van der Waals surface area contributed by atoms with Crippen molar-refractivity contribution in [2.24, 2.45) is 0 Å². The topological polar surface area (TPSA) is 105 Å². The van der Waals surface area contributed by atoms with Crippen LogP contribution in [0.1, 0.15) is 12.5 Å². The lowest BCUT2D eigenvalue weighted by molar-refractivity contribution is -0.242. The van der Waals surface area contributed by atoms with Crippen molar-refractivity contribution in [2.45, 2.75) is 30.2 Å². The zero-order valence-electron chi connectivity index (χ0n) is 18.1. The number of ether oxygens (including phenoxy) is 1. The normalized spacial score (nSPS) is 13.5. The molecule has 12 heteroatoms. The number of sulfonamides is 1. The number of hydrogen-bond acceptors (Lipinski definition) is 5. The summed E-state index contributed by atoms with van der Waals surface area (Å²) >= 11 is 0. The average Bonchev–Trinajstić information content (AvgIpc) is 2.79. The molecule has 3 N–H and O–H groups in total. The van der Waals surface area contributed by atoms with Gasteiger partial charge in [0.15, 0.2) is 0 Å². The molecule has 7 nitrogen and oxygen atoms in total. The van der Waals surface area contributed by atoms with Gasteiger partial charge in [-0.3, -0.25) is 9.52 Å². The molecule has 0 fully saturated rings. The molecule has 0 saturated heterocycles. The van der Waals surface area contributed by atoms with Gasteiger partial charge in [-0.15, -0.1) is 0 Å². The Labute approximate surface area is 198 Å². The molecule has 0 aliphatic heterocycles. The molecule has 0 heterocycles. The molecule has 3 rings (SSSR count). The zero-order chi connectivity index (χ0) is 25.9. The highest BCUT2D eigenvalue weighted by atomic mass is 32.2. The van der Waals surface area contributed by atoms with Crippen LogP contribution in [0.3, 0.4) is 0 Å². The van der Waals surface area contributed by atoms with Gasteiger partial charge < -0.3 is 15.2 Å². The summed E-state index contributed by atoms with van der Waals surface area (Å²) in [5, 5.41) is 11.0. The van der Waals surface area contributed by atoms with Crippen molar-refractivity contribution in [3.8, 4) is 5.75 Å². The van der Waals surface area contributed by atoms with E-state index in [1.165, 1.54) is 24.3 Å². The molecule has 0 aliphatic rings. The molecular weight excluding hydrogens is 492 g/mol. The molecule has 1 amide bonds. The molecule has 0 saturated carbocycles. The lowest BCUT2D eigenvalue weighted by atomic mass is 10.1. The Hall–Kier alpha value is -3.64. The monoisotopic (exact) mass is 512 g/mol. The fraction of sp³-hybridized carbons (Fsp3) is 0.174. The Balaban J connectivity index is 1.67. The largest absolute Gasteiger partial charge is 0.489 e. The number of hydrogen-bond donors (Lipinski definition) is 3. The predicted molar refractivity (Wildman–Crippen MR) is 120 cm³/mol. The molecule has 0 aromatic heterocycles. The van der Waals surface area contributed by atoms with E-state index in [2.05, 4.69) is 4.72 Å². The minimum atomic E-state index is -5.30. The quantitative estimate of drug-likeness (QED) is 0.387. The van der Waals surface area contributed by atoms with Crippen LogP contribution < -0.4 is 14.8 Å². The highest BCUT2D eigenvalue weighted by Gasteiger charge is 2.55. The van der Waals surface area contributed by atoms with E-state index in [1.807, 2.05) is 30.3 Å². The van der Waals surface area contributed by atoms with Gasteiger partial charge in [-0.1, -0.05) is 30.3 Å². The van der Waals surface area contributed by atoms with Gasteiger partial charge in [0, 0.05) is 5.69 Å². The third-order valence-corrected chi connectivity index (χ3v) is 6.23. The van der Waals surface area contributed by atoms with E-state index in [0.29, 0.717) is 18.4 Å². The summed E-state index contributed by atoms with van der Waals surface area (Å²) in [7, 11) is -4.27. The molecule has 0 aliphatic carbocycles. The van der Waals surface area contributed by atoms with Crippen molar-refractivity contribution < 1.29 is 40.6 Å². The van der Waals surface area contributed by atoms with Crippen molar-refractivity contribution >= 4 is 27.3 Å². The number of benzene rings is 3. The Kier molecular flexibility index (Phi) is 7.36. The zero-order valence-corrected chi connectivity index (χ0v) is 19.0. The Morgan fingerprint density at radius 3 is 2.20 bits per heavy atom. The number of carbonyl (C=O) groups is 1. The number of amides is 1. The van der Waals surface area contributed by atoms with Gasteiger partial charge in [0.2, 0.25) is 5.60 Å². The van der Waals surface area contributed by atoms with E-state index in [9.17, 15) is 35.9 Å². The smallest absolute Gasteiger partial charge is 0.426 e. The number of carbonyl (C=O) groups excluding carboxylic acids is 1. The fourth-order valence-corrected chi connectivity index (χ4v) is 3.78. The van der Waals surface area contributed by atoms with Crippen molar-refractivity contribution in [2.75, 3.05) is 10.0 Å². The van der Waals surface area contributed by atoms with Gasteiger partial charge in [-0.05, 0) is 55.0 Å². The van der Waals surface area contributed by atoms with E-state index in [1.54, 1.807) is 5.32 Å². The molecule has 186 valence electrons. The average molecular weight is 512 g/mol. The van der Waals surface area contributed by atoms with E-state index in [-0.39, 0.29) is 12.6 Å². The molecule has 0 spiro atoms. The van der Waals surface area contributed by atoms with Gasteiger partial charge in [0.1, 0.15) is 18.2 Å². The van der Waals surface area contributed by atoms with E-state index < -0.39 is 44.1 Å². The highest BCUT2D eigenvalue weighted by molar-refractivity contribution is 7.92. The van der Waals surface area contributed by atoms with Crippen LogP contribution in [0.15, 0.2) is 77.7 Å². The summed E-state index contributed by atoms with van der Waals surface area (Å²) in [6.07, 6.45) is -5.30. The van der Waals surface area contributed by atoms with Gasteiger partial charge in [0.05, 0.1) is 10.6 Å². The van der Waals surface area contributed by atoms with Crippen molar-refractivity contribution in [1.29, 1.82) is 0 Å². The summed E-state index contributed by atoms with van der Waals surface area (Å²) in [6, 6.07) is 17.5. The van der Waals surface area contributed by atoms with Crippen LogP contribution in [0.5, 0.6) is 5.75 Å². The summed E-state index contributed by atoms with van der Waals surface area (Å²) in [6.45, 7) is 0.521. The van der Waals surface area contributed by atoms with E-state index in [4.69, 9.17) is 4.74 Å². The first-order chi connectivity index (χ1) is 16.3. The van der Waals surface area contributed by atoms with Crippen LogP contribution in [-0.4, -0.2) is 31.2 Å². The van der Waals surface area contributed by atoms with Crippen LogP contribution in [0, 0.1) is 5.82 Å². The summed E-state index contributed by atoms with van der Waals surface area (Å²) in [5.41, 5.74) is -3.42. The number of aliphatic hydroxyl groups is 1. The summed E-state index contributed by atoms with van der Waals surface area (Å²) < 4.78 is 85.7. The molecule has 0 radical (unpaired) electrons. The van der Waals surface area contributed by atoms with E-state index in [0.717, 1.165) is 17.7 Å². The molecule has 35 heavy (non-hydrogen) atoms. The second-order valence-electron chi connectivity index (χ2n) is 7.57. The first-order valence-electron chi connectivity index (χ1n) is 9.99. The lowest BCUT2D eigenvalue weighted by Gasteiger charge is -2.25. The van der Waals surface area contributed by atoms with Crippen LogP contribution in [0.25, 0.3) is 0 Å². The first-order valence-corrected chi connectivity index (χ1v) is 11.5. The first kappa shape index (κ1) is 26.0. The third kappa shape index (κ3) is 6.28. The third-order valence-electron chi connectivity index (χ3n) is 4.85. The second-order valence-corrected chi connectivity index (χ2v) is 9.25. The number of halogens is 4. The second kappa shape index (κ2) is 9.92. The molecule has 3 aromatic carbocycles. The SMILES string of the molecule is CC(O)(C(=O)Nc1ccc(S(=O)(=O)Nc2ccc(OCc3ccccc3)cc2)cc1F)C(F)(F)F. The fourth-order valence-electron chi connectivity index (χ4n) is 2.71. The van der Waals surface area contributed by atoms with Crippen molar-refractivity contribution in [3.63, 3.8) is 0 Å². The lowest BCUT2D eigenvalue weighted by Crippen LogP contribution is -2.52. The Morgan fingerprint density at radius 1 is 1.00 bits per heavy atom. The van der Waals surface area contributed by atoms with Crippen LogP contribution in [0.4, 0.5) is 28.9 Å². The van der Waals surface area contributed by atoms with Crippen LogP contribution in [-0.2, 0) is 21.4 Å². The summed E-state index contributed by atoms with van der Waals surface area (Å²) in [4.78, 5) is 11.2. The van der Waals surface area contributed by atoms with Gasteiger partial charge >= 0.3 is 6.18 Å². The van der Waals surface area contributed by atoms with Crippen molar-refractivity contribution in [3.05, 3.63) is 84.2 Å². The summed E-state index contributed by atoms with van der Waals surface area (Å²) in [5.74, 6) is -2.76. The van der Waals surface area contributed by atoms with Crippen molar-refractivity contribution in [1.82, 2.24) is 0 Å². The predicted octanol–water partition coefficient (Wildman–Crippen LogP) is 4.46. The van der Waals surface area contributed by atoms with E-state index >= 15 is 0 Å². The van der Waals surface area contributed by atoms with Crippen LogP contribution >= 0.6 is 0 Å². The number of rotatable bonds is 8. The standard InChI is InChI=1S/C23H20F4N2O5S/c1-22(31,23(25,26)27)21(30)28-20-12-11-18(13-19(20)24)35(32,33)29-16-7-9-17(10-8-16)34-14-15-5-3-2-4-6-15/h2-13,29,31H,14H2,1H3,(H,28,30). The maximum Gasteiger partial charge on any atom is 0.426 e. The number of nitrogens with one attached hydrogen (secondary N) is 2. The van der Waals surface area contributed by atoms with Gasteiger partial charge in [-0.25, -0.2) is 12.8 Å². The maximum atomic E-state index is 14.4. The molecule has 0 bridgehead atoms. The van der Waals surface area contributed by atoms with Crippen LogP contribution in [0.2, 0.25) is 0 Å². The Bertz CT molecular complexity index is 1300. The highest BCUT2D eigenvalue weighted by Crippen LogP contribution is 2.31.